The topological polar surface area (TPSA) is 24.1 Å². The fraction of sp³-hybridized carbons (Fsp3) is 1.00. The van der Waals surface area contributed by atoms with Gasteiger partial charge in [-0.15, -0.1) is 0 Å². The van der Waals surface area contributed by atoms with Crippen LogP contribution in [0.3, 0.4) is 0 Å². The van der Waals surface area contributed by atoms with Crippen molar-refractivity contribution in [1.29, 1.82) is 0 Å². The predicted molar refractivity (Wildman–Crippen MR) is 69.6 cm³/mol. The molecule has 2 nitrogen and oxygen atoms in total. The smallest absolute Gasteiger partial charge is 0.00642 e. The SMILES string of the molecule is CNC1CCC(C2CCC(NC)CC2)CC1. The third kappa shape index (κ3) is 2.98. The van der Waals surface area contributed by atoms with Gasteiger partial charge in [0.25, 0.3) is 0 Å². The van der Waals surface area contributed by atoms with Gasteiger partial charge in [-0.25, -0.2) is 0 Å². The highest BCUT2D eigenvalue weighted by Gasteiger charge is 2.29. The van der Waals surface area contributed by atoms with Crippen LogP contribution in [0.25, 0.3) is 0 Å². The average Bonchev–Trinajstić information content (AvgIpc) is 2.39. The molecule has 2 aliphatic carbocycles. The molecule has 0 saturated heterocycles. The molecule has 2 rings (SSSR count). The molecule has 0 aliphatic heterocycles. The Morgan fingerprint density at radius 2 is 0.875 bits per heavy atom. The molecule has 94 valence electrons. The Bertz CT molecular complexity index is 167. The van der Waals surface area contributed by atoms with Crippen LogP contribution in [0.2, 0.25) is 0 Å². The standard InChI is InChI=1S/C14H28N2/c1-15-13-7-3-11(4-8-13)12-5-9-14(16-2)10-6-12/h11-16H,3-10H2,1-2H3. The molecule has 2 heteroatoms. The van der Waals surface area contributed by atoms with E-state index in [1.165, 1.54) is 51.4 Å². The lowest BCUT2D eigenvalue weighted by Gasteiger charge is -2.37. The second-order valence-electron chi connectivity index (χ2n) is 5.80. The minimum Gasteiger partial charge on any atom is -0.317 e. The van der Waals surface area contributed by atoms with Crippen LogP contribution in [0.5, 0.6) is 0 Å². The van der Waals surface area contributed by atoms with E-state index in [0.29, 0.717) is 0 Å². The molecule has 2 fully saturated rings. The second kappa shape index (κ2) is 6.02. The Morgan fingerprint density at radius 1 is 0.562 bits per heavy atom. The van der Waals surface area contributed by atoms with Crippen LogP contribution in [-0.2, 0) is 0 Å². The second-order valence-corrected chi connectivity index (χ2v) is 5.80. The molecule has 0 heterocycles. The zero-order valence-corrected chi connectivity index (χ0v) is 11.0. The molecule has 16 heavy (non-hydrogen) atoms. The summed E-state index contributed by atoms with van der Waals surface area (Å²) in [4.78, 5) is 0. The molecule has 2 N–H and O–H groups in total. The molecule has 0 amide bonds. The zero-order valence-electron chi connectivity index (χ0n) is 11.0. The molecular formula is C14H28N2. The molecule has 0 spiro atoms. The van der Waals surface area contributed by atoms with Crippen molar-refractivity contribution in [2.75, 3.05) is 14.1 Å². The van der Waals surface area contributed by atoms with E-state index in [-0.39, 0.29) is 0 Å². The number of hydrogen-bond donors (Lipinski definition) is 2. The number of nitrogens with one attached hydrogen (secondary N) is 2. The van der Waals surface area contributed by atoms with Gasteiger partial charge < -0.3 is 10.6 Å². The van der Waals surface area contributed by atoms with Crippen molar-refractivity contribution in [3.63, 3.8) is 0 Å². The molecule has 0 radical (unpaired) electrons. The molecule has 0 unspecified atom stereocenters. The lowest BCUT2D eigenvalue weighted by molar-refractivity contribution is 0.166. The van der Waals surface area contributed by atoms with Crippen molar-refractivity contribution in [2.45, 2.75) is 63.5 Å². The predicted octanol–water partition coefficient (Wildman–Crippen LogP) is 2.54. The molecule has 0 atom stereocenters. The zero-order chi connectivity index (χ0) is 11.4. The fourth-order valence-corrected chi connectivity index (χ4v) is 3.76. The Hall–Kier alpha value is -0.0800. The Labute approximate surface area is 101 Å². The van der Waals surface area contributed by atoms with Gasteiger partial charge in [0.05, 0.1) is 0 Å². The Balaban J connectivity index is 1.73. The summed E-state index contributed by atoms with van der Waals surface area (Å²) >= 11 is 0. The highest BCUT2D eigenvalue weighted by Crippen LogP contribution is 2.38. The van der Waals surface area contributed by atoms with Gasteiger partial charge in [-0.2, -0.15) is 0 Å². The third-order valence-electron chi connectivity index (χ3n) is 5.03. The van der Waals surface area contributed by atoms with Crippen LogP contribution in [0.15, 0.2) is 0 Å². The lowest BCUT2D eigenvalue weighted by Crippen LogP contribution is -2.36. The van der Waals surface area contributed by atoms with Crippen molar-refractivity contribution in [1.82, 2.24) is 10.6 Å². The van der Waals surface area contributed by atoms with Gasteiger partial charge in [-0.1, -0.05) is 0 Å². The first-order valence-corrected chi connectivity index (χ1v) is 7.18. The van der Waals surface area contributed by atoms with Crippen molar-refractivity contribution in [3.8, 4) is 0 Å². The number of rotatable bonds is 3. The molecular weight excluding hydrogens is 196 g/mol. The van der Waals surface area contributed by atoms with Crippen molar-refractivity contribution in [2.24, 2.45) is 11.8 Å². The first-order chi connectivity index (χ1) is 7.83. The van der Waals surface area contributed by atoms with Gasteiger partial charge in [0, 0.05) is 12.1 Å². The maximum Gasteiger partial charge on any atom is 0.00642 e. The van der Waals surface area contributed by atoms with E-state index >= 15 is 0 Å². The highest BCUT2D eigenvalue weighted by atomic mass is 14.9. The summed E-state index contributed by atoms with van der Waals surface area (Å²) in [6.45, 7) is 0. The van der Waals surface area contributed by atoms with Gasteiger partial charge in [0.15, 0.2) is 0 Å². The maximum absolute atomic E-state index is 3.43. The molecule has 0 aromatic rings. The summed E-state index contributed by atoms with van der Waals surface area (Å²) in [6, 6.07) is 1.62. The van der Waals surface area contributed by atoms with Gasteiger partial charge in [0.1, 0.15) is 0 Å². The maximum atomic E-state index is 3.43. The molecule has 2 saturated carbocycles. The summed E-state index contributed by atoms with van der Waals surface area (Å²) < 4.78 is 0. The summed E-state index contributed by atoms with van der Waals surface area (Å²) in [6.07, 6.45) is 11.5. The molecule has 2 aliphatic rings. The van der Waals surface area contributed by atoms with E-state index in [1.54, 1.807) is 0 Å². The van der Waals surface area contributed by atoms with Gasteiger partial charge in [-0.3, -0.25) is 0 Å². The Morgan fingerprint density at radius 3 is 1.12 bits per heavy atom. The van der Waals surface area contributed by atoms with Crippen LogP contribution in [0.4, 0.5) is 0 Å². The largest absolute Gasteiger partial charge is 0.317 e. The summed E-state index contributed by atoms with van der Waals surface area (Å²) in [5.74, 6) is 2.09. The first kappa shape index (κ1) is 12.4. The molecule has 0 aromatic carbocycles. The summed E-state index contributed by atoms with van der Waals surface area (Å²) in [5, 5.41) is 6.87. The van der Waals surface area contributed by atoms with E-state index < -0.39 is 0 Å². The van der Waals surface area contributed by atoms with Crippen LogP contribution < -0.4 is 10.6 Å². The average molecular weight is 224 g/mol. The van der Waals surface area contributed by atoms with Crippen LogP contribution in [0, 0.1) is 11.8 Å². The summed E-state index contributed by atoms with van der Waals surface area (Å²) in [7, 11) is 4.23. The van der Waals surface area contributed by atoms with Gasteiger partial charge in [0.2, 0.25) is 0 Å². The fourth-order valence-electron chi connectivity index (χ4n) is 3.76. The lowest BCUT2D eigenvalue weighted by atomic mass is 9.71. The van der Waals surface area contributed by atoms with Crippen molar-refractivity contribution in [3.05, 3.63) is 0 Å². The van der Waals surface area contributed by atoms with Crippen LogP contribution in [-0.4, -0.2) is 26.2 Å². The Kier molecular flexibility index (Phi) is 4.66. The highest BCUT2D eigenvalue weighted by molar-refractivity contribution is 4.84. The van der Waals surface area contributed by atoms with Crippen LogP contribution >= 0.6 is 0 Å². The minimum atomic E-state index is 0.810. The van der Waals surface area contributed by atoms with E-state index in [0.717, 1.165) is 23.9 Å². The van der Waals surface area contributed by atoms with E-state index in [9.17, 15) is 0 Å². The van der Waals surface area contributed by atoms with E-state index in [2.05, 4.69) is 24.7 Å². The normalized spacial score (nSPS) is 40.9. The van der Waals surface area contributed by atoms with Gasteiger partial charge >= 0.3 is 0 Å². The van der Waals surface area contributed by atoms with E-state index in [1.807, 2.05) is 0 Å². The van der Waals surface area contributed by atoms with E-state index in [4.69, 9.17) is 0 Å². The van der Waals surface area contributed by atoms with Crippen molar-refractivity contribution < 1.29 is 0 Å². The van der Waals surface area contributed by atoms with Gasteiger partial charge in [-0.05, 0) is 77.3 Å². The summed E-state index contributed by atoms with van der Waals surface area (Å²) in [5.41, 5.74) is 0. The molecule has 0 aromatic heterocycles. The van der Waals surface area contributed by atoms with Crippen molar-refractivity contribution >= 4 is 0 Å². The quantitative estimate of drug-likeness (QED) is 0.770. The third-order valence-corrected chi connectivity index (χ3v) is 5.03. The van der Waals surface area contributed by atoms with Crippen LogP contribution in [0.1, 0.15) is 51.4 Å². The monoisotopic (exact) mass is 224 g/mol. The number of hydrogen-bond acceptors (Lipinski definition) is 2. The minimum absolute atomic E-state index is 0.810. The first-order valence-electron chi connectivity index (χ1n) is 7.18. The molecule has 0 bridgehead atoms.